The number of carbonyl (C=O) groups excluding carboxylic acids is 1. The Balaban J connectivity index is 2.23. The molecular weight excluding hydrogens is 164 g/mol. The van der Waals surface area contributed by atoms with Gasteiger partial charge in [-0.1, -0.05) is 6.42 Å². The van der Waals surface area contributed by atoms with Crippen LogP contribution >= 0.6 is 11.6 Å². The van der Waals surface area contributed by atoms with Crippen LogP contribution in [0.3, 0.4) is 0 Å². The lowest BCUT2D eigenvalue weighted by Gasteiger charge is -2.32. The number of rotatable bonds is 1. The predicted molar refractivity (Wildman–Crippen MR) is 39.0 cm³/mol. The predicted octanol–water partition coefficient (Wildman–Crippen LogP) is 0.534. The second kappa shape index (κ2) is 2.13. The van der Waals surface area contributed by atoms with Gasteiger partial charge in [0.1, 0.15) is 0 Å². The van der Waals surface area contributed by atoms with E-state index in [4.69, 9.17) is 11.6 Å². The second-order valence-corrected chi connectivity index (χ2v) is 4.40. The molecule has 0 unspecified atom stereocenters. The summed E-state index contributed by atoms with van der Waals surface area (Å²) >= 11 is 5.94. The summed E-state index contributed by atoms with van der Waals surface area (Å²) in [7, 11) is 0. The van der Waals surface area contributed by atoms with E-state index in [1.165, 1.54) is 0 Å². The fourth-order valence-corrected chi connectivity index (χ4v) is 2.93. The van der Waals surface area contributed by atoms with Gasteiger partial charge in [0.05, 0.1) is 10.8 Å². The molecule has 0 amide bonds. The molecule has 0 heterocycles. The molecule has 3 atom stereocenters. The number of carboxylic acids is 1. The van der Waals surface area contributed by atoms with E-state index >= 15 is 0 Å². The molecule has 0 N–H and O–H groups in total. The normalized spacial score (nSPS) is 48.1. The first kappa shape index (κ1) is 7.41. The van der Waals surface area contributed by atoms with Gasteiger partial charge in [0, 0.05) is 0 Å². The van der Waals surface area contributed by atoms with E-state index in [-0.39, 0.29) is 5.92 Å². The largest absolute Gasteiger partial charge is 0.548 e. The van der Waals surface area contributed by atoms with Gasteiger partial charge in [-0.15, -0.1) is 11.6 Å². The lowest BCUT2D eigenvalue weighted by atomic mass is 9.88. The molecule has 2 aliphatic rings. The number of halogens is 1. The van der Waals surface area contributed by atoms with E-state index < -0.39 is 10.8 Å². The average molecular weight is 174 g/mol. The van der Waals surface area contributed by atoms with Crippen LogP contribution in [0.5, 0.6) is 0 Å². The van der Waals surface area contributed by atoms with Crippen LogP contribution in [0.1, 0.15) is 25.7 Å². The summed E-state index contributed by atoms with van der Waals surface area (Å²) < 4.78 is 0. The Morgan fingerprint density at radius 3 is 2.55 bits per heavy atom. The molecule has 3 heteroatoms. The van der Waals surface area contributed by atoms with Crippen LogP contribution in [0.2, 0.25) is 0 Å². The highest BCUT2D eigenvalue weighted by molar-refractivity contribution is 6.34. The molecule has 62 valence electrons. The maximum atomic E-state index is 10.7. The van der Waals surface area contributed by atoms with Crippen molar-refractivity contribution in [3.8, 4) is 0 Å². The number of carboxylic acid groups (broad SMARTS) is 1. The summed E-state index contributed by atoms with van der Waals surface area (Å²) in [5, 5.41) is 10.7. The minimum atomic E-state index is -1.06. The third-order valence-electron chi connectivity index (χ3n) is 3.11. The fourth-order valence-electron chi connectivity index (χ4n) is 2.51. The van der Waals surface area contributed by atoms with E-state index in [0.29, 0.717) is 12.3 Å². The molecule has 0 aromatic heterocycles. The van der Waals surface area contributed by atoms with Crippen LogP contribution in [0.15, 0.2) is 0 Å². The summed E-state index contributed by atoms with van der Waals surface area (Å²) in [6.07, 6.45) is 3.76. The molecule has 2 aliphatic carbocycles. The molecule has 0 radical (unpaired) electrons. The van der Waals surface area contributed by atoms with Gasteiger partial charge in [-0.05, 0) is 31.1 Å². The van der Waals surface area contributed by atoms with E-state index in [1.54, 1.807) is 0 Å². The van der Waals surface area contributed by atoms with Crippen molar-refractivity contribution in [1.82, 2.24) is 0 Å². The van der Waals surface area contributed by atoms with Gasteiger partial charge in [-0.3, -0.25) is 0 Å². The van der Waals surface area contributed by atoms with Crippen LogP contribution in [-0.2, 0) is 4.79 Å². The Labute approximate surface area is 70.5 Å². The first-order valence-electron chi connectivity index (χ1n) is 4.03. The van der Waals surface area contributed by atoms with Crippen molar-refractivity contribution < 1.29 is 9.90 Å². The van der Waals surface area contributed by atoms with Crippen LogP contribution in [0, 0.1) is 11.8 Å². The van der Waals surface area contributed by atoms with Crippen LogP contribution < -0.4 is 5.11 Å². The fraction of sp³-hybridized carbons (Fsp3) is 0.875. The smallest absolute Gasteiger partial charge is 0.0869 e. The Bertz CT molecular complexity index is 204. The molecule has 0 aliphatic heterocycles. The zero-order valence-corrected chi connectivity index (χ0v) is 6.93. The lowest BCUT2D eigenvalue weighted by Crippen LogP contribution is -2.47. The maximum Gasteiger partial charge on any atom is 0.0869 e. The molecule has 11 heavy (non-hydrogen) atoms. The Morgan fingerprint density at radius 1 is 1.55 bits per heavy atom. The van der Waals surface area contributed by atoms with Crippen molar-refractivity contribution >= 4 is 17.6 Å². The molecule has 2 saturated carbocycles. The number of alkyl halides is 1. The molecule has 2 fully saturated rings. The van der Waals surface area contributed by atoms with Crippen LogP contribution in [-0.4, -0.2) is 10.8 Å². The molecule has 0 spiro atoms. The zero-order chi connectivity index (χ0) is 8.06. The van der Waals surface area contributed by atoms with Crippen molar-refractivity contribution in [2.24, 2.45) is 11.8 Å². The monoisotopic (exact) mass is 173 g/mol. The van der Waals surface area contributed by atoms with Gasteiger partial charge < -0.3 is 9.90 Å². The maximum absolute atomic E-state index is 10.7. The minimum Gasteiger partial charge on any atom is -0.548 e. The summed E-state index contributed by atoms with van der Waals surface area (Å²) in [6, 6.07) is 0. The van der Waals surface area contributed by atoms with Crippen molar-refractivity contribution in [2.75, 3.05) is 0 Å². The van der Waals surface area contributed by atoms with Crippen LogP contribution in [0.25, 0.3) is 0 Å². The Morgan fingerprint density at radius 2 is 2.27 bits per heavy atom. The highest BCUT2D eigenvalue weighted by atomic mass is 35.5. The molecule has 2 bridgehead atoms. The highest BCUT2D eigenvalue weighted by Gasteiger charge is 2.50. The van der Waals surface area contributed by atoms with Gasteiger partial charge in [-0.2, -0.15) is 0 Å². The van der Waals surface area contributed by atoms with Crippen LogP contribution in [0.4, 0.5) is 0 Å². The van der Waals surface area contributed by atoms with E-state index in [0.717, 1.165) is 19.3 Å². The number of carbonyl (C=O) groups is 1. The second-order valence-electron chi connectivity index (χ2n) is 3.73. The Hall–Kier alpha value is -0.240. The van der Waals surface area contributed by atoms with Gasteiger partial charge in [-0.25, -0.2) is 0 Å². The van der Waals surface area contributed by atoms with Gasteiger partial charge in [0.2, 0.25) is 0 Å². The Kier molecular flexibility index (Phi) is 1.43. The number of hydrogen-bond acceptors (Lipinski definition) is 2. The van der Waals surface area contributed by atoms with Gasteiger partial charge in [0.25, 0.3) is 0 Å². The summed E-state index contributed by atoms with van der Waals surface area (Å²) in [5.74, 6) is -0.332. The van der Waals surface area contributed by atoms with Crippen molar-refractivity contribution in [1.29, 1.82) is 0 Å². The molecule has 0 aromatic carbocycles. The SMILES string of the molecule is O=C([O-])[C@]1(Cl)C[C@H]2CC[C@H]1C2. The minimum absolute atomic E-state index is 0.180. The third kappa shape index (κ3) is 0.886. The zero-order valence-electron chi connectivity index (χ0n) is 6.18. The van der Waals surface area contributed by atoms with E-state index in [1.807, 2.05) is 0 Å². The number of aliphatic carboxylic acids is 1. The summed E-state index contributed by atoms with van der Waals surface area (Å²) in [5.41, 5.74) is 0. The van der Waals surface area contributed by atoms with Crippen molar-refractivity contribution in [2.45, 2.75) is 30.6 Å². The summed E-state index contributed by atoms with van der Waals surface area (Å²) in [6.45, 7) is 0. The lowest BCUT2D eigenvalue weighted by molar-refractivity contribution is -0.311. The van der Waals surface area contributed by atoms with Gasteiger partial charge in [0.15, 0.2) is 0 Å². The summed E-state index contributed by atoms with van der Waals surface area (Å²) in [4.78, 5) is 9.66. The van der Waals surface area contributed by atoms with Gasteiger partial charge >= 0.3 is 0 Å². The quantitative estimate of drug-likeness (QED) is 0.543. The van der Waals surface area contributed by atoms with E-state index in [9.17, 15) is 9.90 Å². The average Bonchev–Trinajstić information content (AvgIpc) is 2.45. The topological polar surface area (TPSA) is 40.1 Å². The molecule has 0 aromatic rings. The standard InChI is InChI=1S/C8H11ClO2/c9-8(7(10)11)4-5-1-2-6(8)3-5/h5-6H,1-4H2,(H,10,11)/p-1/t5-,6-,8-/m0/s1. The number of hydrogen-bond donors (Lipinski definition) is 0. The molecule has 2 nitrogen and oxygen atoms in total. The van der Waals surface area contributed by atoms with E-state index in [2.05, 4.69) is 0 Å². The molecule has 2 rings (SSSR count). The third-order valence-corrected chi connectivity index (χ3v) is 3.73. The van der Waals surface area contributed by atoms with Crippen molar-refractivity contribution in [3.05, 3.63) is 0 Å². The molecular formula is C8H10ClO2-. The highest BCUT2D eigenvalue weighted by Crippen LogP contribution is 2.53. The molecule has 0 saturated heterocycles. The number of fused-ring (bicyclic) bond motifs is 2. The van der Waals surface area contributed by atoms with Crippen molar-refractivity contribution in [3.63, 3.8) is 0 Å². The first-order chi connectivity index (χ1) is 5.13. The first-order valence-corrected chi connectivity index (χ1v) is 4.41.